The summed E-state index contributed by atoms with van der Waals surface area (Å²) in [7, 11) is 1.81. The second kappa shape index (κ2) is 6.99. The number of H-pyrrole nitrogens is 1. The monoisotopic (exact) mass is 351 g/mol. The van der Waals surface area contributed by atoms with Crippen molar-refractivity contribution in [2.45, 2.75) is 18.8 Å². The predicted molar refractivity (Wildman–Crippen MR) is 97.6 cm³/mol. The van der Waals surface area contributed by atoms with Crippen molar-refractivity contribution in [3.8, 4) is 11.4 Å². The first kappa shape index (κ1) is 16.3. The Balaban J connectivity index is 1.45. The summed E-state index contributed by atoms with van der Waals surface area (Å²) in [5, 5.41) is 14.4. The van der Waals surface area contributed by atoms with Gasteiger partial charge in [-0.15, -0.1) is 0 Å². The number of likely N-dealkylation sites (tertiary alicyclic amines) is 1. The number of urea groups is 1. The summed E-state index contributed by atoms with van der Waals surface area (Å²) in [4.78, 5) is 18.9. The minimum absolute atomic E-state index is 0.107. The molecule has 1 aliphatic rings. The number of pyridine rings is 1. The molecular formula is C18H21N7O. The number of carbonyl (C=O) groups is 1. The molecule has 0 saturated carbocycles. The number of anilines is 1. The van der Waals surface area contributed by atoms with Crippen molar-refractivity contribution in [2.75, 3.05) is 18.4 Å². The third kappa shape index (κ3) is 3.30. The highest BCUT2D eigenvalue weighted by Gasteiger charge is 2.26. The number of nitrogens with zero attached hydrogens (tertiary/aromatic N) is 5. The Morgan fingerprint density at radius 1 is 1.27 bits per heavy atom. The largest absolute Gasteiger partial charge is 0.324 e. The summed E-state index contributed by atoms with van der Waals surface area (Å²) in [6.45, 7) is 1.43. The summed E-state index contributed by atoms with van der Waals surface area (Å²) >= 11 is 0. The second-order valence-electron chi connectivity index (χ2n) is 6.48. The van der Waals surface area contributed by atoms with Gasteiger partial charge < -0.3 is 4.90 Å². The summed E-state index contributed by atoms with van der Waals surface area (Å²) in [5.74, 6) is 0.951. The fourth-order valence-corrected chi connectivity index (χ4v) is 3.32. The minimum Gasteiger partial charge on any atom is -0.324 e. The van der Waals surface area contributed by atoms with E-state index in [0.717, 1.165) is 36.5 Å². The Labute approximate surface area is 151 Å². The van der Waals surface area contributed by atoms with E-state index in [4.69, 9.17) is 0 Å². The van der Waals surface area contributed by atoms with Crippen molar-refractivity contribution >= 4 is 11.8 Å². The van der Waals surface area contributed by atoms with Gasteiger partial charge in [-0.05, 0) is 31.0 Å². The summed E-state index contributed by atoms with van der Waals surface area (Å²) in [5.41, 5.74) is 2.60. The van der Waals surface area contributed by atoms with Crippen LogP contribution in [0.3, 0.4) is 0 Å². The molecule has 1 fully saturated rings. The SMILES string of the molecule is Cn1nc(-c2ccccn2)cc1NC(=O)N1CCC[C@@H](c2ccn[nH]2)C1. The normalized spacial score (nSPS) is 17.3. The minimum atomic E-state index is -0.107. The molecule has 0 aliphatic carbocycles. The quantitative estimate of drug-likeness (QED) is 0.759. The fraction of sp³-hybridized carbons (Fsp3) is 0.333. The van der Waals surface area contributed by atoms with Crippen LogP contribution < -0.4 is 5.32 Å². The van der Waals surface area contributed by atoms with E-state index < -0.39 is 0 Å². The van der Waals surface area contributed by atoms with E-state index in [-0.39, 0.29) is 6.03 Å². The molecule has 8 nitrogen and oxygen atoms in total. The smallest absolute Gasteiger partial charge is 0.323 e. The Morgan fingerprint density at radius 2 is 2.19 bits per heavy atom. The first-order valence-electron chi connectivity index (χ1n) is 8.71. The third-order valence-corrected chi connectivity index (χ3v) is 4.71. The van der Waals surface area contributed by atoms with E-state index in [9.17, 15) is 4.79 Å². The van der Waals surface area contributed by atoms with Crippen LogP contribution in [0, 0.1) is 0 Å². The molecule has 1 aliphatic heterocycles. The van der Waals surface area contributed by atoms with Gasteiger partial charge >= 0.3 is 6.03 Å². The predicted octanol–water partition coefficient (Wildman–Crippen LogP) is 2.62. The van der Waals surface area contributed by atoms with Crippen LogP contribution in [0.25, 0.3) is 11.4 Å². The highest BCUT2D eigenvalue weighted by atomic mass is 16.2. The van der Waals surface area contributed by atoms with Crippen molar-refractivity contribution in [2.24, 2.45) is 7.05 Å². The zero-order valence-corrected chi connectivity index (χ0v) is 14.6. The zero-order valence-electron chi connectivity index (χ0n) is 14.6. The van der Waals surface area contributed by atoms with E-state index in [2.05, 4.69) is 25.6 Å². The van der Waals surface area contributed by atoms with Crippen LogP contribution in [-0.4, -0.2) is 49.0 Å². The lowest BCUT2D eigenvalue weighted by Gasteiger charge is -2.32. The van der Waals surface area contributed by atoms with Crippen LogP contribution in [0.2, 0.25) is 0 Å². The number of hydrogen-bond acceptors (Lipinski definition) is 4. The standard InChI is InChI=1S/C18H21N7O/c1-24-17(11-16(23-24)15-6-2-3-8-19-15)21-18(26)25-10-4-5-13(12-25)14-7-9-20-22-14/h2-3,6-9,11,13H,4-5,10,12H2,1H3,(H,20,22)(H,21,26)/t13-/m1/s1. The van der Waals surface area contributed by atoms with Gasteiger partial charge in [-0.1, -0.05) is 6.07 Å². The molecule has 4 rings (SSSR count). The lowest BCUT2D eigenvalue weighted by molar-refractivity contribution is 0.192. The molecule has 2 amide bonds. The van der Waals surface area contributed by atoms with Gasteiger partial charge in [-0.2, -0.15) is 10.2 Å². The first-order chi connectivity index (χ1) is 12.7. The van der Waals surface area contributed by atoms with Gasteiger partial charge in [-0.3, -0.25) is 20.1 Å². The first-order valence-corrected chi connectivity index (χ1v) is 8.71. The number of amides is 2. The molecule has 0 spiro atoms. The van der Waals surface area contributed by atoms with Gasteiger partial charge in [0.15, 0.2) is 0 Å². The number of piperidine rings is 1. The van der Waals surface area contributed by atoms with Gasteiger partial charge in [0.25, 0.3) is 0 Å². The zero-order chi connectivity index (χ0) is 17.9. The van der Waals surface area contributed by atoms with Crippen molar-refractivity contribution < 1.29 is 4.79 Å². The lowest BCUT2D eigenvalue weighted by Crippen LogP contribution is -2.42. The molecular weight excluding hydrogens is 330 g/mol. The van der Waals surface area contributed by atoms with Crippen molar-refractivity contribution in [3.63, 3.8) is 0 Å². The van der Waals surface area contributed by atoms with Crippen molar-refractivity contribution in [1.82, 2.24) is 29.9 Å². The van der Waals surface area contributed by atoms with E-state index in [1.54, 1.807) is 17.1 Å². The average molecular weight is 351 g/mol. The molecule has 4 heterocycles. The fourth-order valence-electron chi connectivity index (χ4n) is 3.32. The van der Waals surface area contributed by atoms with Crippen LogP contribution in [0.4, 0.5) is 10.6 Å². The van der Waals surface area contributed by atoms with Gasteiger partial charge in [0.05, 0.1) is 5.69 Å². The molecule has 134 valence electrons. The maximum absolute atomic E-state index is 12.7. The maximum atomic E-state index is 12.7. The highest BCUT2D eigenvalue weighted by molar-refractivity contribution is 5.89. The molecule has 1 saturated heterocycles. The number of carbonyl (C=O) groups excluding carboxylic acids is 1. The lowest BCUT2D eigenvalue weighted by atomic mass is 9.95. The van der Waals surface area contributed by atoms with Gasteiger partial charge in [-0.25, -0.2) is 4.79 Å². The molecule has 0 unspecified atom stereocenters. The number of hydrogen-bond donors (Lipinski definition) is 2. The van der Waals surface area contributed by atoms with Gasteiger partial charge in [0, 0.05) is 50.2 Å². The molecule has 0 radical (unpaired) electrons. The van der Waals surface area contributed by atoms with E-state index in [1.165, 1.54) is 0 Å². The second-order valence-corrected chi connectivity index (χ2v) is 6.48. The van der Waals surface area contributed by atoms with Crippen LogP contribution >= 0.6 is 0 Å². The number of aromatic nitrogens is 5. The topological polar surface area (TPSA) is 91.7 Å². The van der Waals surface area contributed by atoms with Crippen LogP contribution in [0.5, 0.6) is 0 Å². The Morgan fingerprint density at radius 3 is 2.96 bits per heavy atom. The Hall–Kier alpha value is -3.16. The number of nitrogens with one attached hydrogen (secondary N) is 2. The van der Waals surface area contributed by atoms with E-state index in [0.29, 0.717) is 18.3 Å². The summed E-state index contributed by atoms with van der Waals surface area (Å²) in [6, 6.07) is 9.39. The van der Waals surface area contributed by atoms with Gasteiger partial charge in [0.2, 0.25) is 0 Å². The van der Waals surface area contributed by atoms with Crippen molar-refractivity contribution in [1.29, 1.82) is 0 Å². The van der Waals surface area contributed by atoms with Gasteiger partial charge in [0.1, 0.15) is 11.5 Å². The van der Waals surface area contributed by atoms with Crippen LogP contribution in [0.1, 0.15) is 24.5 Å². The molecule has 8 heteroatoms. The van der Waals surface area contributed by atoms with E-state index in [1.807, 2.05) is 42.3 Å². The van der Waals surface area contributed by atoms with Crippen LogP contribution in [-0.2, 0) is 7.05 Å². The highest BCUT2D eigenvalue weighted by Crippen LogP contribution is 2.26. The van der Waals surface area contributed by atoms with E-state index >= 15 is 0 Å². The Kier molecular flexibility index (Phi) is 4.39. The number of rotatable bonds is 3. The Bertz CT molecular complexity index is 872. The number of aryl methyl sites for hydroxylation is 1. The molecule has 1 atom stereocenters. The molecule has 0 aromatic carbocycles. The third-order valence-electron chi connectivity index (χ3n) is 4.71. The average Bonchev–Trinajstić information content (AvgIpc) is 3.33. The molecule has 2 N–H and O–H groups in total. The molecule has 3 aromatic heterocycles. The summed E-state index contributed by atoms with van der Waals surface area (Å²) in [6.07, 6.45) is 5.51. The molecule has 26 heavy (non-hydrogen) atoms. The van der Waals surface area contributed by atoms with Crippen LogP contribution in [0.15, 0.2) is 42.7 Å². The molecule has 3 aromatic rings. The van der Waals surface area contributed by atoms with Crippen molar-refractivity contribution in [3.05, 3.63) is 48.4 Å². The molecule has 0 bridgehead atoms. The number of aromatic amines is 1. The summed E-state index contributed by atoms with van der Waals surface area (Å²) < 4.78 is 1.66. The maximum Gasteiger partial charge on any atom is 0.323 e.